The van der Waals surface area contributed by atoms with Crippen molar-refractivity contribution in [3.63, 3.8) is 0 Å². The molecule has 1 aliphatic heterocycles. The zero-order chi connectivity index (χ0) is 18.0. The molecule has 0 bridgehead atoms. The lowest BCUT2D eigenvalue weighted by Gasteiger charge is -2.21. The van der Waals surface area contributed by atoms with Gasteiger partial charge in [0.1, 0.15) is 0 Å². The van der Waals surface area contributed by atoms with Crippen LogP contribution in [0.15, 0.2) is 72.9 Å². The van der Waals surface area contributed by atoms with Gasteiger partial charge in [0.2, 0.25) is 0 Å². The van der Waals surface area contributed by atoms with E-state index in [2.05, 4.69) is 0 Å². The van der Waals surface area contributed by atoms with Gasteiger partial charge in [0, 0.05) is 35.1 Å². The number of carbonyl (C=O) groups is 2. The number of allylic oxidation sites excluding steroid dienone is 2. The van der Waals surface area contributed by atoms with Crippen LogP contribution in [0.5, 0.6) is 0 Å². The summed E-state index contributed by atoms with van der Waals surface area (Å²) in [5, 5.41) is 8.95. The third-order valence-corrected chi connectivity index (χ3v) is 3.75. The van der Waals surface area contributed by atoms with Crippen molar-refractivity contribution in [1.82, 2.24) is 0 Å². The Hall–Kier alpha value is -3.28. The molecular formula is C19H13F2NO3. The van der Waals surface area contributed by atoms with Gasteiger partial charge >= 0.3 is 5.97 Å². The van der Waals surface area contributed by atoms with E-state index >= 15 is 0 Å². The van der Waals surface area contributed by atoms with Gasteiger partial charge in [-0.15, -0.1) is 0 Å². The van der Waals surface area contributed by atoms with Crippen LogP contribution < -0.4 is 4.90 Å². The molecule has 0 fully saturated rings. The highest BCUT2D eigenvalue weighted by molar-refractivity contribution is 6.10. The van der Waals surface area contributed by atoms with Crippen LogP contribution in [0.25, 0.3) is 5.57 Å². The molecule has 0 spiro atoms. The van der Waals surface area contributed by atoms with Gasteiger partial charge in [0.05, 0.1) is 5.69 Å². The summed E-state index contributed by atoms with van der Waals surface area (Å²) < 4.78 is 28.9. The molecule has 1 heterocycles. The van der Waals surface area contributed by atoms with E-state index in [1.165, 1.54) is 18.2 Å². The molecule has 0 aromatic heterocycles. The molecule has 1 amide bonds. The van der Waals surface area contributed by atoms with Crippen molar-refractivity contribution in [2.45, 2.75) is 5.92 Å². The molecule has 4 nitrogen and oxygen atoms in total. The fourth-order valence-corrected chi connectivity index (χ4v) is 2.62. The van der Waals surface area contributed by atoms with Crippen molar-refractivity contribution in [2.24, 2.45) is 0 Å². The van der Waals surface area contributed by atoms with E-state index in [4.69, 9.17) is 5.11 Å². The maximum atomic E-state index is 14.5. The number of halogens is 2. The van der Waals surface area contributed by atoms with Crippen LogP contribution in [0.3, 0.4) is 0 Å². The monoisotopic (exact) mass is 341 g/mol. The number of alkyl halides is 2. The van der Waals surface area contributed by atoms with Gasteiger partial charge in [0.25, 0.3) is 11.8 Å². The molecule has 25 heavy (non-hydrogen) atoms. The summed E-state index contributed by atoms with van der Waals surface area (Å²) in [7, 11) is 0. The van der Waals surface area contributed by atoms with Crippen molar-refractivity contribution in [3.05, 3.63) is 84.1 Å². The smallest absolute Gasteiger partial charge is 0.328 e. The Bertz CT molecular complexity index is 889. The third-order valence-electron chi connectivity index (χ3n) is 3.75. The number of hydrogen-bond donors (Lipinski definition) is 1. The first-order valence-electron chi connectivity index (χ1n) is 7.40. The van der Waals surface area contributed by atoms with Crippen molar-refractivity contribution >= 4 is 23.1 Å². The molecule has 126 valence electrons. The lowest BCUT2D eigenvalue weighted by Crippen LogP contribution is -2.25. The molecule has 0 atom stereocenters. The predicted molar refractivity (Wildman–Crippen MR) is 89.4 cm³/mol. The highest BCUT2D eigenvalue weighted by atomic mass is 19.3. The maximum Gasteiger partial charge on any atom is 0.328 e. The minimum Gasteiger partial charge on any atom is -0.478 e. The summed E-state index contributed by atoms with van der Waals surface area (Å²) in [5.41, 5.74) is -0.160. The molecule has 1 N–H and O–H groups in total. The van der Waals surface area contributed by atoms with Crippen molar-refractivity contribution in [1.29, 1.82) is 0 Å². The van der Waals surface area contributed by atoms with E-state index in [-0.39, 0.29) is 11.3 Å². The lowest BCUT2D eigenvalue weighted by molar-refractivity contribution is -0.131. The number of para-hydroxylation sites is 1. The number of carbonyl (C=O) groups excluding carboxylic acids is 1. The zero-order valence-electron chi connectivity index (χ0n) is 12.9. The summed E-state index contributed by atoms with van der Waals surface area (Å²) in [6.07, 6.45) is 1.99. The lowest BCUT2D eigenvalue weighted by atomic mass is 9.98. The van der Waals surface area contributed by atoms with Crippen LogP contribution >= 0.6 is 0 Å². The van der Waals surface area contributed by atoms with E-state index in [1.807, 2.05) is 0 Å². The van der Waals surface area contributed by atoms with Gasteiger partial charge in [-0.3, -0.25) is 9.69 Å². The number of hydrogen-bond acceptors (Lipinski definition) is 2. The number of anilines is 1. The van der Waals surface area contributed by atoms with Crippen molar-refractivity contribution < 1.29 is 23.5 Å². The van der Waals surface area contributed by atoms with E-state index in [0.29, 0.717) is 17.7 Å². The van der Waals surface area contributed by atoms with E-state index in [1.54, 1.807) is 36.4 Å². The van der Waals surface area contributed by atoms with E-state index < -0.39 is 23.4 Å². The summed E-state index contributed by atoms with van der Waals surface area (Å²) in [5.74, 6) is -5.50. The SMILES string of the molecule is O=C(O)C=C1c2ccccc2N(C(=O)c2ccccc2)C=CC1(F)F. The number of amides is 1. The molecule has 6 heteroatoms. The molecular weight excluding hydrogens is 328 g/mol. The van der Waals surface area contributed by atoms with Gasteiger partial charge in [-0.2, -0.15) is 8.78 Å². The minimum atomic E-state index is -3.53. The van der Waals surface area contributed by atoms with Gasteiger partial charge in [-0.25, -0.2) is 4.79 Å². The standard InChI is InChI=1S/C19H13F2NO3/c20-19(21)10-11-22(18(25)13-6-2-1-3-7-13)16-9-5-4-8-14(16)15(19)12-17(23)24/h1-12H,(H,23,24). The average molecular weight is 341 g/mol. The second-order valence-corrected chi connectivity index (χ2v) is 5.39. The average Bonchev–Trinajstić information content (AvgIpc) is 2.70. The van der Waals surface area contributed by atoms with Crippen LogP contribution in [-0.4, -0.2) is 22.9 Å². The molecule has 2 aromatic carbocycles. The largest absolute Gasteiger partial charge is 0.478 e. The number of carboxylic acid groups (broad SMARTS) is 1. The molecule has 0 unspecified atom stereocenters. The highest BCUT2D eigenvalue weighted by Crippen LogP contribution is 2.41. The Balaban J connectivity index is 2.19. The molecule has 0 saturated carbocycles. The van der Waals surface area contributed by atoms with Gasteiger partial charge < -0.3 is 5.11 Å². The number of carboxylic acids is 1. The topological polar surface area (TPSA) is 57.6 Å². The Morgan fingerprint density at radius 2 is 1.64 bits per heavy atom. The summed E-state index contributed by atoms with van der Waals surface area (Å²) >= 11 is 0. The van der Waals surface area contributed by atoms with Crippen molar-refractivity contribution in [3.8, 4) is 0 Å². The van der Waals surface area contributed by atoms with E-state index in [9.17, 15) is 18.4 Å². The summed E-state index contributed by atoms with van der Waals surface area (Å²) in [4.78, 5) is 24.8. The minimum absolute atomic E-state index is 0.0100. The number of nitrogens with zero attached hydrogens (tertiary/aromatic N) is 1. The Morgan fingerprint density at radius 1 is 1.00 bits per heavy atom. The van der Waals surface area contributed by atoms with Crippen molar-refractivity contribution in [2.75, 3.05) is 4.90 Å². The zero-order valence-corrected chi connectivity index (χ0v) is 12.9. The molecule has 0 saturated heterocycles. The first-order valence-corrected chi connectivity index (χ1v) is 7.40. The number of fused-ring (bicyclic) bond motifs is 1. The fourth-order valence-electron chi connectivity index (χ4n) is 2.62. The summed E-state index contributed by atoms with van der Waals surface area (Å²) in [6.45, 7) is 0. The predicted octanol–water partition coefficient (Wildman–Crippen LogP) is 3.96. The van der Waals surface area contributed by atoms with Gasteiger partial charge in [0.15, 0.2) is 0 Å². The quantitative estimate of drug-likeness (QED) is 0.841. The van der Waals surface area contributed by atoms with Crippen LogP contribution in [0.1, 0.15) is 15.9 Å². The van der Waals surface area contributed by atoms with Crippen LogP contribution in [-0.2, 0) is 4.79 Å². The van der Waals surface area contributed by atoms with Crippen LogP contribution in [0.2, 0.25) is 0 Å². The Labute approximate surface area is 142 Å². The Morgan fingerprint density at radius 3 is 2.32 bits per heavy atom. The molecule has 3 rings (SSSR count). The van der Waals surface area contributed by atoms with Gasteiger partial charge in [-0.1, -0.05) is 36.4 Å². The number of benzene rings is 2. The first-order chi connectivity index (χ1) is 11.9. The summed E-state index contributed by atoms with van der Waals surface area (Å²) in [6, 6.07) is 14.2. The normalized spacial score (nSPS) is 17.0. The molecule has 0 aliphatic carbocycles. The van der Waals surface area contributed by atoms with E-state index in [0.717, 1.165) is 11.1 Å². The number of aliphatic carboxylic acids is 1. The first kappa shape index (κ1) is 16.6. The molecule has 1 aliphatic rings. The maximum absolute atomic E-state index is 14.5. The van der Waals surface area contributed by atoms with Crippen LogP contribution in [0.4, 0.5) is 14.5 Å². The highest BCUT2D eigenvalue weighted by Gasteiger charge is 2.38. The number of rotatable bonds is 2. The second kappa shape index (κ2) is 6.32. The fraction of sp³-hybridized carbons (Fsp3) is 0.0526. The second-order valence-electron chi connectivity index (χ2n) is 5.39. The third kappa shape index (κ3) is 3.19. The molecule has 2 aromatic rings. The van der Waals surface area contributed by atoms with Gasteiger partial charge in [-0.05, 0) is 18.2 Å². The van der Waals surface area contributed by atoms with Crippen LogP contribution in [0, 0.1) is 0 Å². The Kier molecular flexibility index (Phi) is 4.19. The molecule has 0 radical (unpaired) electrons.